The second-order valence-electron chi connectivity index (χ2n) is 7.92. The van der Waals surface area contributed by atoms with Gasteiger partial charge in [0.15, 0.2) is 11.6 Å². The molecule has 2 aliphatic rings. The second-order valence-corrected chi connectivity index (χ2v) is 7.92. The van der Waals surface area contributed by atoms with Crippen molar-refractivity contribution < 1.29 is 23.4 Å². The molecule has 2 aromatic rings. The first-order chi connectivity index (χ1) is 13.6. The Balaban J connectivity index is 2.05. The van der Waals surface area contributed by atoms with E-state index in [1.807, 2.05) is 0 Å². The van der Waals surface area contributed by atoms with Gasteiger partial charge in [-0.2, -0.15) is 0 Å². The highest BCUT2D eigenvalue weighted by Gasteiger charge is 2.42. The van der Waals surface area contributed by atoms with Crippen molar-refractivity contribution >= 4 is 22.6 Å². The van der Waals surface area contributed by atoms with E-state index in [2.05, 4.69) is 6.58 Å². The number of rotatable bonds is 4. The number of carboxylic acids is 1. The first kappa shape index (κ1) is 19.4. The van der Waals surface area contributed by atoms with E-state index < -0.39 is 40.5 Å². The third-order valence-corrected chi connectivity index (χ3v) is 5.70. The van der Waals surface area contributed by atoms with Gasteiger partial charge in [0.05, 0.1) is 29.6 Å². The lowest BCUT2D eigenvalue weighted by Gasteiger charge is -2.25. The molecule has 1 aromatic carbocycles. The third kappa shape index (κ3) is 2.88. The zero-order chi connectivity index (χ0) is 21.2. The second kappa shape index (κ2) is 6.28. The quantitative estimate of drug-likeness (QED) is 0.757. The zero-order valence-electron chi connectivity index (χ0n) is 16.0. The molecule has 154 valence electrons. The Hall–Kier alpha value is -2.94. The van der Waals surface area contributed by atoms with E-state index in [9.17, 15) is 19.1 Å². The minimum Gasteiger partial charge on any atom is -0.492 e. The van der Waals surface area contributed by atoms with Gasteiger partial charge in [-0.25, -0.2) is 13.6 Å². The minimum absolute atomic E-state index is 0.0404. The number of methoxy groups -OCH3 is 1. The van der Waals surface area contributed by atoms with Crippen LogP contribution in [0.5, 0.6) is 5.75 Å². The van der Waals surface area contributed by atoms with Gasteiger partial charge in [-0.3, -0.25) is 4.79 Å². The fourth-order valence-corrected chi connectivity index (χ4v) is 3.92. The summed E-state index contributed by atoms with van der Waals surface area (Å²) in [6, 6.07) is 0.347. The summed E-state index contributed by atoms with van der Waals surface area (Å²) in [7, 11) is 1.32. The number of alkyl halides is 1. The van der Waals surface area contributed by atoms with Crippen molar-refractivity contribution in [3.8, 4) is 5.75 Å². The van der Waals surface area contributed by atoms with E-state index in [4.69, 9.17) is 10.5 Å². The molecule has 2 heterocycles. The monoisotopic (exact) mass is 405 g/mol. The number of hydrogen-bond acceptors (Lipinski definition) is 5. The van der Waals surface area contributed by atoms with Crippen molar-refractivity contribution in [2.45, 2.75) is 31.1 Å². The van der Waals surface area contributed by atoms with Crippen molar-refractivity contribution in [2.75, 3.05) is 25.1 Å². The molecule has 3 N–H and O–H groups in total. The van der Waals surface area contributed by atoms with Crippen LogP contribution in [0.2, 0.25) is 0 Å². The number of halogens is 2. The van der Waals surface area contributed by atoms with Crippen molar-refractivity contribution in [3.63, 3.8) is 0 Å². The molecule has 9 heteroatoms. The first-order valence-corrected chi connectivity index (χ1v) is 9.11. The van der Waals surface area contributed by atoms with E-state index in [1.54, 1.807) is 11.8 Å². The number of nitrogens with zero attached hydrogens (tertiary/aromatic N) is 2. The van der Waals surface area contributed by atoms with Gasteiger partial charge in [0.25, 0.3) is 0 Å². The smallest absolute Gasteiger partial charge is 0.341 e. The summed E-state index contributed by atoms with van der Waals surface area (Å²) in [6.07, 6.45) is 0.102. The van der Waals surface area contributed by atoms with Gasteiger partial charge in [0.1, 0.15) is 17.4 Å². The molecule has 1 saturated carbocycles. The summed E-state index contributed by atoms with van der Waals surface area (Å²) in [5.74, 6) is -2.17. The number of hydrogen-bond donors (Lipinski definition) is 2. The number of carbonyl (C=O) groups is 1. The van der Waals surface area contributed by atoms with Crippen molar-refractivity contribution in [1.29, 1.82) is 0 Å². The van der Waals surface area contributed by atoms with Crippen LogP contribution < -0.4 is 20.8 Å². The lowest BCUT2D eigenvalue weighted by atomic mass is 9.99. The third-order valence-electron chi connectivity index (χ3n) is 5.70. The number of carboxylic acid groups (broad SMARTS) is 1. The number of fused-ring (bicyclic) bond motifs is 1. The number of anilines is 1. The summed E-state index contributed by atoms with van der Waals surface area (Å²) >= 11 is 0. The molecule has 0 radical (unpaired) electrons. The van der Waals surface area contributed by atoms with Crippen LogP contribution in [0.3, 0.4) is 0 Å². The zero-order valence-corrected chi connectivity index (χ0v) is 16.0. The van der Waals surface area contributed by atoms with E-state index in [-0.39, 0.29) is 35.3 Å². The summed E-state index contributed by atoms with van der Waals surface area (Å²) in [6.45, 7) is 6.29. The number of nitrogens with two attached hydrogens (primary N) is 1. The Labute approximate surface area is 165 Å². The molecule has 0 bridgehead atoms. The molecular weight excluding hydrogens is 384 g/mol. The van der Waals surface area contributed by atoms with Crippen molar-refractivity contribution in [1.82, 2.24) is 4.57 Å². The average molecular weight is 405 g/mol. The van der Waals surface area contributed by atoms with E-state index in [0.717, 1.165) is 12.3 Å². The van der Waals surface area contributed by atoms with Crippen LogP contribution in [-0.2, 0) is 0 Å². The Bertz CT molecular complexity index is 1130. The molecule has 0 unspecified atom stereocenters. The summed E-state index contributed by atoms with van der Waals surface area (Å²) < 4.78 is 35.9. The van der Waals surface area contributed by atoms with Crippen LogP contribution in [-0.4, -0.2) is 47.6 Å². The van der Waals surface area contributed by atoms with Crippen LogP contribution in [0.15, 0.2) is 29.2 Å². The highest BCUT2D eigenvalue weighted by atomic mass is 19.1. The maximum Gasteiger partial charge on any atom is 0.341 e. The van der Waals surface area contributed by atoms with E-state index in [0.29, 0.717) is 12.1 Å². The molecule has 1 aliphatic heterocycles. The summed E-state index contributed by atoms with van der Waals surface area (Å²) in [5, 5.41) is 9.19. The van der Waals surface area contributed by atoms with Crippen LogP contribution in [0.25, 0.3) is 10.9 Å². The van der Waals surface area contributed by atoms with Crippen molar-refractivity contribution in [2.24, 2.45) is 5.73 Å². The first-order valence-electron chi connectivity index (χ1n) is 9.11. The lowest BCUT2D eigenvalue weighted by molar-refractivity contribution is 0.0694. The lowest BCUT2D eigenvalue weighted by Crippen LogP contribution is -2.40. The van der Waals surface area contributed by atoms with Crippen LogP contribution in [0, 0.1) is 5.82 Å². The van der Waals surface area contributed by atoms with Gasteiger partial charge < -0.3 is 25.0 Å². The SMILES string of the molecule is C=C1CN(c2c(F)cc3c(=O)c(C(=O)O)cn([C@@H]4C[C@H]4F)c3c2OC)C[C@]1(C)N. The Kier molecular flexibility index (Phi) is 4.20. The molecule has 4 rings (SSSR count). The fraction of sp³-hybridized carbons (Fsp3) is 0.400. The van der Waals surface area contributed by atoms with Gasteiger partial charge >= 0.3 is 5.97 Å². The number of ether oxygens (including phenoxy) is 1. The topological polar surface area (TPSA) is 97.8 Å². The molecule has 2 fully saturated rings. The molecule has 29 heavy (non-hydrogen) atoms. The highest BCUT2D eigenvalue weighted by molar-refractivity contribution is 5.97. The van der Waals surface area contributed by atoms with Gasteiger partial charge in [-0.05, 0) is 18.6 Å². The Morgan fingerprint density at radius 3 is 2.62 bits per heavy atom. The Morgan fingerprint density at radius 1 is 1.48 bits per heavy atom. The molecule has 0 spiro atoms. The number of benzene rings is 1. The predicted molar refractivity (Wildman–Crippen MR) is 104 cm³/mol. The average Bonchev–Trinajstić information content (AvgIpc) is 3.29. The highest BCUT2D eigenvalue weighted by Crippen LogP contribution is 2.46. The predicted octanol–water partition coefficient (Wildman–Crippen LogP) is 2.22. The summed E-state index contributed by atoms with van der Waals surface area (Å²) in [4.78, 5) is 25.9. The van der Waals surface area contributed by atoms with Gasteiger partial charge in [-0.1, -0.05) is 6.58 Å². The van der Waals surface area contributed by atoms with Gasteiger partial charge in [-0.15, -0.1) is 0 Å². The number of aromatic carboxylic acids is 1. The van der Waals surface area contributed by atoms with Crippen molar-refractivity contribution in [3.05, 3.63) is 46.0 Å². The Morgan fingerprint density at radius 2 is 2.14 bits per heavy atom. The van der Waals surface area contributed by atoms with Crippen LogP contribution >= 0.6 is 0 Å². The maximum atomic E-state index is 15.2. The van der Waals surface area contributed by atoms with Crippen LogP contribution in [0.1, 0.15) is 29.7 Å². The molecule has 1 aliphatic carbocycles. The van der Waals surface area contributed by atoms with E-state index in [1.165, 1.54) is 11.7 Å². The largest absolute Gasteiger partial charge is 0.492 e. The molecule has 1 saturated heterocycles. The molecular formula is C20H21F2N3O4. The molecule has 7 nitrogen and oxygen atoms in total. The van der Waals surface area contributed by atoms with Crippen LogP contribution in [0.4, 0.5) is 14.5 Å². The summed E-state index contributed by atoms with van der Waals surface area (Å²) in [5.41, 5.74) is 5.05. The normalized spacial score (nSPS) is 26.2. The molecule has 1 aromatic heterocycles. The maximum absolute atomic E-state index is 15.2. The molecule has 0 amide bonds. The fourth-order valence-electron chi connectivity index (χ4n) is 3.92. The number of aromatic nitrogens is 1. The van der Waals surface area contributed by atoms with Gasteiger partial charge in [0.2, 0.25) is 5.43 Å². The standard InChI is InChI=1S/C20H21F2N3O4/c1-9-6-24(8-20(9,2)23)16-13(22)4-10-15(18(16)29-3)25(14-5-12(14)21)7-11(17(10)26)19(27)28/h4,7,12,14H,1,5-6,8,23H2,2-3H3,(H,27,28)/t12-,14-,20+/m1/s1. The minimum atomic E-state index is -1.46. The van der Waals surface area contributed by atoms with Gasteiger partial charge in [0, 0.05) is 25.7 Å². The molecule has 3 atom stereocenters. The van der Waals surface area contributed by atoms with E-state index >= 15 is 4.39 Å². The number of pyridine rings is 1.